The van der Waals surface area contributed by atoms with Gasteiger partial charge in [-0.1, -0.05) is 30.3 Å². The number of rotatable bonds is 6. The van der Waals surface area contributed by atoms with E-state index in [1.165, 1.54) is 36.1 Å². The molecule has 0 aromatic heterocycles. The summed E-state index contributed by atoms with van der Waals surface area (Å²) in [6, 6.07) is 12.9. The molecule has 0 aliphatic heterocycles. The summed E-state index contributed by atoms with van der Waals surface area (Å²) in [7, 11) is 3.87. The van der Waals surface area contributed by atoms with Gasteiger partial charge in [0, 0.05) is 6.54 Å². The van der Waals surface area contributed by atoms with Crippen LogP contribution in [0.1, 0.15) is 41.1 Å². The maximum absolute atomic E-state index is 13.5. The zero-order valence-corrected chi connectivity index (χ0v) is 15.6. The van der Waals surface area contributed by atoms with Crippen LogP contribution in [0.25, 0.3) is 0 Å². The first-order valence-electron chi connectivity index (χ1n) is 9.32. The zero-order valence-electron chi connectivity index (χ0n) is 15.6. The van der Waals surface area contributed by atoms with Crippen LogP contribution in [0.15, 0.2) is 42.5 Å². The number of amides is 1. The Hall–Kier alpha value is -2.20. The lowest BCUT2D eigenvalue weighted by molar-refractivity contribution is -0.120. The molecule has 1 aliphatic rings. The smallest absolute Gasteiger partial charge is 0.224 e. The number of benzene rings is 2. The predicted molar refractivity (Wildman–Crippen MR) is 103 cm³/mol. The minimum absolute atomic E-state index is 0.00372. The number of fused-ring (bicyclic) bond motifs is 1. The number of nitrogens with zero attached hydrogens (tertiary/aromatic N) is 1. The van der Waals surface area contributed by atoms with Crippen molar-refractivity contribution >= 4 is 5.91 Å². The van der Waals surface area contributed by atoms with Crippen LogP contribution in [0.3, 0.4) is 0 Å². The first-order chi connectivity index (χ1) is 12.5. The van der Waals surface area contributed by atoms with Gasteiger partial charge < -0.3 is 10.2 Å². The van der Waals surface area contributed by atoms with E-state index in [0.717, 1.165) is 24.0 Å². The first-order valence-corrected chi connectivity index (χ1v) is 9.32. The molecule has 0 radical (unpaired) electrons. The van der Waals surface area contributed by atoms with E-state index in [1.54, 1.807) is 6.07 Å². The highest BCUT2D eigenvalue weighted by atomic mass is 19.1. The number of hydrogen-bond acceptors (Lipinski definition) is 2. The van der Waals surface area contributed by atoms with Gasteiger partial charge in [-0.2, -0.15) is 0 Å². The van der Waals surface area contributed by atoms with Gasteiger partial charge in [0.1, 0.15) is 5.82 Å². The molecule has 1 unspecified atom stereocenters. The molecule has 1 aliphatic carbocycles. The summed E-state index contributed by atoms with van der Waals surface area (Å²) in [6.07, 6.45) is 5.16. The maximum atomic E-state index is 13.5. The van der Waals surface area contributed by atoms with Gasteiger partial charge in [0.15, 0.2) is 0 Å². The summed E-state index contributed by atoms with van der Waals surface area (Å²) in [4.78, 5) is 14.4. The second kappa shape index (κ2) is 8.45. The molecule has 0 heterocycles. The highest BCUT2D eigenvalue weighted by Gasteiger charge is 2.16. The van der Waals surface area contributed by atoms with Crippen molar-refractivity contribution in [2.45, 2.75) is 38.1 Å². The molecule has 3 rings (SSSR count). The van der Waals surface area contributed by atoms with E-state index in [4.69, 9.17) is 0 Å². The molecule has 4 heteroatoms. The third-order valence-corrected chi connectivity index (χ3v) is 5.13. The van der Waals surface area contributed by atoms with E-state index >= 15 is 0 Å². The van der Waals surface area contributed by atoms with Crippen LogP contribution < -0.4 is 5.32 Å². The van der Waals surface area contributed by atoms with Crippen molar-refractivity contribution in [1.82, 2.24) is 10.2 Å². The molecule has 0 fully saturated rings. The van der Waals surface area contributed by atoms with E-state index < -0.39 is 0 Å². The van der Waals surface area contributed by atoms with Crippen molar-refractivity contribution in [1.29, 1.82) is 0 Å². The first kappa shape index (κ1) is 18.6. The van der Waals surface area contributed by atoms with E-state index in [2.05, 4.69) is 23.5 Å². The molecular weight excluding hydrogens is 327 g/mol. The summed E-state index contributed by atoms with van der Waals surface area (Å²) < 4.78 is 13.5. The van der Waals surface area contributed by atoms with Crippen LogP contribution >= 0.6 is 0 Å². The average Bonchev–Trinajstić information content (AvgIpc) is 2.61. The van der Waals surface area contributed by atoms with E-state index in [0.29, 0.717) is 13.0 Å². The lowest BCUT2D eigenvalue weighted by Gasteiger charge is -2.25. The number of hydrogen-bond donors (Lipinski definition) is 1. The van der Waals surface area contributed by atoms with Crippen LogP contribution in [0.5, 0.6) is 0 Å². The summed E-state index contributed by atoms with van der Waals surface area (Å²) in [5.74, 6) is -0.251. The quantitative estimate of drug-likeness (QED) is 0.858. The van der Waals surface area contributed by atoms with Gasteiger partial charge in [-0.3, -0.25) is 4.79 Å². The topological polar surface area (TPSA) is 32.3 Å². The fourth-order valence-corrected chi connectivity index (χ4v) is 3.67. The van der Waals surface area contributed by atoms with Gasteiger partial charge in [-0.15, -0.1) is 0 Å². The monoisotopic (exact) mass is 354 g/mol. The summed E-state index contributed by atoms with van der Waals surface area (Å²) in [5.41, 5.74) is 4.76. The van der Waals surface area contributed by atoms with Gasteiger partial charge in [0.2, 0.25) is 5.91 Å². The second-order valence-electron chi connectivity index (χ2n) is 7.33. The third-order valence-electron chi connectivity index (χ3n) is 5.13. The van der Waals surface area contributed by atoms with Crippen LogP contribution in [-0.4, -0.2) is 31.4 Å². The number of carbonyl (C=O) groups is 1. The van der Waals surface area contributed by atoms with E-state index in [1.807, 2.05) is 25.1 Å². The van der Waals surface area contributed by atoms with Crippen LogP contribution in [0.2, 0.25) is 0 Å². The Balaban J connectivity index is 1.60. The second-order valence-corrected chi connectivity index (χ2v) is 7.33. The fraction of sp³-hybridized carbons (Fsp3) is 0.409. The molecule has 1 amide bonds. The van der Waals surface area contributed by atoms with E-state index in [9.17, 15) is 9.18 Å². The van der Waals surface area contributed by atoms with E-state index in [-0.39, 0.29) is 17.8 Å². The molecule has 138 valence electrons. The van der Waals surface area contributed by atoms with Gasteiger partial charge >= 0.3 is 0 Å². The molecule has 0 saturated heterocycles. The Labute approximate surface area is 155 Å². The van der Waals surface area contributed by atoms with Crippen LogP contribution in [0.4, 0.5) is 4.39 Å². The number of aryl methyl sites for hydroxylation is 2. The molecule has 0 bridgehead atoms. The molecule has 3 nitrogen and oxygen atoms in total. The highest BCUT2D eigenvalue weighted by Crippen LogP contribution is 2.22. The zero-order chi connectivity index (χ0) is 18.5. The Morgan fingerprint density at radius 3 is 2.62 bits per heavy atom. The maximum Gasteiger partial charge on any atom is 0.224 e. The standard InChI is InChI=1S/C22H27FN2O/c1-25(2)21(19-8-5-9-20(23)14-19)15-24-22(26)13-16-10-11-17-6-3-4-7-18(17)12-16/h5,8-12,14,21H,3-4,6-7,13,15H2,1-2H3,(H,24,26). The number of likely N-dealkylation sites (N-methyl/N-ethyl adjacent to an activating group) is 1. The third kappa shape index (κ3) is 4.70. The number of halogens is 1. The lowest BCUT2D eigenvalue weighted by Crippen LogP contribution is -2.35. The Morgan fingerprint density at radius 1 is 1.12 bits per heavy atom. The number of carbonyl (C=O) groups excluding carboxylic acids is 1. The molecule has 2 aromatic rings. The molecule has 1 atom stereocenters. The fourth-order valence-electron chi connectivity index (χ4n) is 3.67. The van der Waals surface area contributed by atoms with Crippen molar-refractivity contribution in [3.63, 3.8) is 0 Å². The number of nitrogens with one attached hydrogen (secondary N) is 1. The molecule has 0 saturated carbocycles. The van der Waals surface area contributed by atoms with Gasteiger partial charge in [-0.05, 0) is 74.2 Å². The van der Waals surface area contributed by atoms with Crippen molar-refractivity contribution in [3.8, 4) is 0 Å². The molecule has 0 spiro atoms. The normalized spacial score (nSPS) is 14.8. The molecule has 2 aromatic carbocycles. The van der Waals surface area contributed by atoms with Crippen molar-refractivity contribution in [2.24, 2.45) is 0 Å². The van der Waals surface area contributed by atoms with Crippen LogP contribution in [0, 0.1) is 5.82 Å². The van der Waals surface area contributed by atoms with Gasteiger partial charge in [-0.25, -0.2) is 4.39 Å². The molecule has 1 N–H and O–H groups in total. The largest absolute Gasteiger partial charge is 0.354 e. The highest BCUT2D eigenvalue weighted by molar-refractivity contribution is 5.78. The minimum Gasteiger partial charge on any atom is -0.354 e. The average molecular weight is 354 g/mol. The van der Waals surface area contributed by atoms with Crippen molar-refractivity contribution in [3.05, 3.63) is 70.5 Å². The SMILES string of the molecule is CN(C)C(CNC(=O)Cc1ccc2c(c1)CCCC2)c1cccc(F)c1. The summed E-state index contributed by atoms with van der Waals surface area (Å²) >= 11 is 0. The lowest BCUT2D eigenvalue weighted by atomic mass is 9.90. The summed E-state index contributed by atoms with van der Waals surface area (Å²) in [5, 5.41) is 3.01. The van der Waals surface area contributed by atoms with Gasteiger partial charge in [0.25, 0.3) is 0 Å². The molecule has 26 heavy (non-hydrogen) atoms. The molecular formula is C22H27FN2O. The minimum atomic E-state index is -0.255. The van der Waals surface area contributed by atoms with Gasteiger partial charge in [0.05, 0.1) is 12.5 Å². The Bertz CT molecular complexity index is 772. The predicted octanol–water partition coefficient (Wildman–Crippen LogP) is 3.67. The summed E-state index contributed by atoms with van der Waals surface area (Å²) in [6.45, 7) is 0.459. The van der Waals surface area contributed by atoms with Crippen molar-refractivity contribution < 1.29 is 9.18 Å². The Kier molecular flexibility index (Phi) is 6.04. The van der Waals surface area contributed by atoms with Crippen LogP contribution in [-0.2, 0) is 24.1 Å². The Morgan fingerprint density at radius 2 is 1.88 bits per heavy atom. The van der Waals surface area contributed by atoms with Crippen molar-refractivity contribution in [2.75, 3.05) is 20.6 Å².